The number of aromatic nitrogens is 2. The minimum absolute atomic E-state index is 0.870. The van der Waals surface area contributed by atoms with Crippen LogP contribution in [-0.2, 0) is 0 Å². The van der Waals surface area contributed by atoms with Crippen molar-refractivity contribution in [1.29, 1.82) is 0 Å². The van der Waals surface area contributed by atoms with Gasteiger partial charge in [0.05, 0.1) is 0 Å². The van der Waals surface area contributed by atoms with E-state index < -0.39 is 0 Å². The highest BCUT2D eigenvalue weighted by atomic mass is 15.2. The molecule has 0 saturated heterocycles. The van der Waals surface area contributed by atoms with E-state index in [9.17, 15) is 0 Å². The molecule has 0 saturated carbocycles. The first-order valence-corrected chi connectivity index (χ1v) is 12.6. The van der Waals surface area contributed by atoms with E-state index in [2.05, 4.69) is 92.6 Å². The number of nitrogens with zero attached hydrogens (tertiary/aromatic N) is 4. The van der Waals surface area contributed by atoms with Gasteiger partial charge < -0.3 is 0 Å². The lowest BCUT2D eigenvalue weighted by molar-refractivity contribution is 1.18. The van der Waals surface area contributed by atoms with E-state index in [4.69, 9.17) is 0 Å². The Morgan fingerprint density at radius 3 is 1.13 bits per heavy atom. The van der Waals surface area contributed by atoms with Crippen LogP contribution in [0.25, 0.3) is 11.1 Å². The Labute approximate surface area is 223 Å². The highest BCUT2D eigenvalue weighted by Crippen LogP contribution is 2.38. The lowest BCUT2D eigenvalue weighted by Gasteiger charge is -2.25. The van der Waals surface area contributed by atoms with Crippen molar-refractivity contribution >= 4 is 34.4 Å². The van der Waals surface area contributed by atoms with Crippen molar-refractivity contribution in [3.8, 4) is 11.1 Å². The molecule has 0 aliphatic carbocycles. The minimum Gasteiger partial charge on any atom is -0.295 e. The van der Waals surface area contributed by atoms with Crippen LogP contribution in [0.1, 0.15) is 0 Å². The highest BCUT2D eigenvalue weighted by molar-refractivity contribution is 5.81. The molecule has 0 fully saturated rings. The summed E-state index contributed by atoms with van der Waals surface area (Å²) in [5.74, 6) is 1.74. The van der Waals surface area contributed by atoms with Gasteiger partial charge in [0.25, 0.3) is 0 Å². The number of benzene rings is 4. The van der Waals surface area contributed by atoms with Gasteiger partial charge in [0, 0.05) is 35.1 Å². The third-order valence-electron chi connectivity index (χ3n) is 6.33. The molecular formula is C34H26N4. The lowest BCUT2D eigenvalue weighted by atomic mass is 10.0. The molecule has 0 spiro atoms. The van der Waals surface area contributed by atoms with Crippen LogP contribution < -0.4 is 9.80 Å². The SMILES string of the molecule is c1ccc(N(c2cccc(-c3cccc(N(c4ccccc4)c4ccccn4)c3)c2)c2ccccn2)cc1. The van der Waals surface area contributed by atoms with Crippen LogP contribution in [0.4, 0.5) is 34.4 Å². The first kappa shape index (κ1) is 23.2. The zero-order chi connectivity index (χ0) is 25.6. The second-order valence-corrected chi connectivity index (χ2v) is 8.82. The van der Waals surface area contributed by atoms with E-state index in [0.29, 0.717) is 0 Å². The molecule has 0 unspecified atom stereocenters. The number of hydrogen-bond donors (Lipinski definition) is 0. The lowest BCUT2D eigenvalue weighted by Crippen LogP contribution is -2.11. The van der Waals surface area contributed by atoms with Gasteiger partial charge in [-0.1, -0.05) is 72.8 Å². The van der Waals surface area contributed by atoms with Crippen LogP contribution in [-0.4, -0.2) is 9.97 Å². The van der Waals surface area contributed by atoms with Gasteiger partial charge in [-0.05, 0) is 83.9 Å². The Kier molecular flexibility index (Phi) is 6.60. The monoisotopic (exact) mass is 490 g/mol. The molecule has 6 aromatic rings. The van der Waals surface area contributed by atoms with Gasteiger partial charge in [0.1, 0.15) is 11.6 Å². The Hall–Kier alpha value is -5.22. The average Bonchev–Trinajstić information content (AvgIpc) is 3.00. The Morgan fingerprint density at radius 2 is 0.737 bits per heavy atom. The first-order valence-electron chi connectivity index (χ1n) is 12.6. The summed E-state index contributed by atoms with van der Waals surface area (Å²) in [6.45, 7) is 0. The summed E-state index contributed by atoms with van der Waals surface area (Å²) in [7, 11) is 0. The third kappa shape index (κ3) is 4.88. The summed E-state index contributed by atoms with van der Waals surface area (Å²) in [5.41, 5.74) is 6.44. The summed E-state index contributed by atoms with van der Waals surface area (Å²) in [5, 5.41) is 0. The molecule has 0 amide bonds. The molecule has 0 atom stereocenters. The molecule has 0 bridgehead atoms. The topological polar surface area (TPSA) is 32.3 Å². The molecule has 0 N–H and O–H groups in total. The van der Waals surface area contributed by atoms with E-state index in [1.807, 2.05) is 85.2 Å². The maximum Gasteiger partial charge on any atom is 0.137 e. The Bertz CT molecular complexity index is 1400. The van der Waals surface area contributed by atoms with Crippen LogP contribution in [0, 0.1) is 0 Å². The number of para-hydroxylation sites is 2. The van der Waals surface area contributed by atoms with Gasteiger partial charge in [0.2, 0.25) is 0 Å². The predicted molar refractivity (Wildman–Crippen MR) is 157 cm³/mol. The predicted octanol–water partition coefficient (Wildman–Crippen LogP) is 9.08. The van der Waals surface area contributed by atoms with Crippen molar-refractivity contribution in [1.82, 2.24) is 9.97 Å². The number of pyridine rings is 2. The van der Waals surface area contributed by atoms with Crippen LogP contribution >= 0.6 is 0 Å². The second kappa shape index (κ2) is 10.8. The van der Waals surface area contributed by atoms with E-state index in [1.165, 1.54) is 0 Å². The summed E-state index contributed by atoms with van der Waals surface area (Å²) >= 11 is 0. The van der Waals surface area contributed by atoms with Crippen molar-refractivity contribution in [2.24, 2.45) is 0 Å². The highest BCUT2D eigenvalue weighted by Gasteiger charge is 2.16. The Balaban J connectivity index is 1.43. The number of hydrogen-bond acceptors (Lipinski definition) is 4. The number of rotatable bonds is 7. The fourth-order valence-electron chi connectivity index (χ4n) is 4.60. The molecule has 2 aromatic heterocycles. The smallest absolute Gasteiger partial charge is 0.137 e. The van der Waals surface area contributed by atoms with Gasteiger partial charge in [-0.15, -0.1) is 0 Å². The molecular weight excluding hydrogens is 464 g/mol. The summed E-state index contributed by atoms with van der Waals surface area (Å²) in [6.07, 6.45) is 3.66. The van der Waals surface area contributed by atoms with Gasteiger partial charge in [-0.25, -0.2) is 9.97 Å². The second-order valence-electron chi connectivity index (χ2n) is 8.82. The van der Waals surface area contributed by atoms with E-state index in [-0.39, 0.29) is 0 Å². The zero-order valence-electron chi connectivity index (χ0n) is 20.8. The van der Waals surface area contributed by atoms with Gasteiger partial charge in [-0.3, -0.25) is 9.80 Å². The molecule has 182 valence electrons. The van der Waals surface area contributed by atoms with Crippen molar-refractivity contribution < 1.29 is 0 Å². The fraction of sp³-hybridized carbons (Fsp3) is 0. The zero-order valence-corrected chi connectivity index (χ0v) is 20.8. The van der Waals surface area contributed by atoms with Crippen LogP contribution in [0.15, 0.2) is 158 Å². The molecule has 4 nitrogen and oxygen atoms in total. The first-order chi connectivity index (χ1) is 18.9. The van der Waals surface area contributed by atoms with Gasteiger partial charge in [0.15, 0.2) is 0 Å². The van der Waals surface area contributed by atoms with E-state index in [0.717, 1.165) is 45.5 Å². The molecule has 38 heavy (non-hydrogen) atoms. The summed E-state index contributed by atoms with van der Waals surface area (Å²) in [6, 6.07) is 49.8. The van der Waals surface area contributed by atoms with Crippen molar-refractivity contribution in [3.05, 3.63) is 158 Å². The van der Waals surface area contributed by atoms with Crippen molar-refractivity contribution in [3.63, 3.8) is 0 Å². The summed E-state index contributed by atoms with van der Waals surface area (Å²) in [4.78, 5) is 13.7. The minimum atomic E-state index is 0.870. The number of anilines is 6. The molecule has 4 heteroatoms. The maximum absolute atomic E-state index is 4.65. The molecule has 0 aliphatic rings. The normalized spacial score (nSPS) is 10.6. The molecule has 6 rings (SSSR count). The van der Waals surface area contributed by atoms with Gasteiger partial charge >= 0.3 is 0 Å². The molecule has 4 aromatic carbocycles. The molecule has 0 radical (unpaired) electrons. The molecule has 2 heterocycles. The van der Waals surface area contributed by atoms with Crippen LogP contribution in [0.3, 0.4) is 0 Å². The third-order valence-corrected chi connectivity index (χ3v) is 6.33. The quantitative estimate of drug-likeness (QED) is 0.223. The maximum atomic E-state index is 4.65. The largest absolute Gasteiger partial charge is 0.295 e. The molecule has 0 aliphatic heterocycles. The Morgan fingerprint density at radius 1 is 0.342 bits per heavy atom. The van der Waals surface area contributed by atoms with Gasteiger partial charge in [-0.2, -0.15) is 0 Å². The van der Waals surface area contributed by atoms with Crippen molar-refractivity contribution in [2.75, 3.05) is 9.80 Å². The van der Waals surface area contributed by atoms with Crippen LogP contribution in [0.2, 0.25) is 0 Å². The van der Waals surface area contributed by atoms with Crippen molar-refractivity contribution in [2.45, 2.75) is 0 Å². The summed E-state index contributed by atoms with van der Waals surface area (Å²) < 4.78 is 0. The van der Waals surface area contributed by atoms with Crippen LogP contribution in [0.5, 0.6) is 0 Å². The standard InChI is InChI=1S/C34H26N4/c1-3-15-29(16-4-1)37(33-21-7-9-23-35-33)31-19-11-13-27(25-31)28-14-12-20-32(26-28)38(30-17-5-2-6-18-30)34-22-8-10-24-36-34/h1-26H. The fourth-order valence-corrected chi connectivity index (χ4v) is 4.60. The van der Waals surface area contributed by atoms with E-state index in [1.54, 1.807) is 0 Å². The average molecular weight is 491 g/mol. The van der Waals surface area contributed by atoms with E-state index >= 15 is 0 Å².